The number of benzene rings is 1. The molecule has 2 aromatic rings. The summed E-state index contributed by atoms with van der Waals surface area (Å²) in [6.07, 6.45) is 1.85. The Labute approximate surface area is 219 Å². The summed E-state index contributed by atoms with van der Waals surface area (Å²) >= 11 is 0. The number of aryl methyl sites for hydroxylation is 1. The average Bonchev–Trinajstić information content (AvgIpc) is 3.37. The number of ether oxygens (including phenoxy) is 4. The highest BCUT2D eigenvalue weighted by molar-refractivity contribution is 5.67. The summed E-state index contributed by atoms with van der Waals surface area (Å²) in [5, 5.41) is 9.16. The fourth-order valence-corrected chi connectivity index (χ4v) is 3.47. The molecule has 204 valence electrons. The van der Waals surface area contributed by atoms with Gasteiger partial charge in [0.05, 0.1) is 32.5 Å². The van der Waals surface area contributed by atoms with Crippen molar-refractivity contribution in [1.82, 2.24) is 20.3 Å². The van der Waals surface area contributed by atoms with Crippen LogP contribution < -0.4 is 16.0 Å². The normalized spacial score (nSPS) is 15.4. The molecule has 11 nitrogen and oxygen atoms in total. The SMILES string of the molecule is Cc1ccc(-c2nc(NCCOCCOCCNC(=O)OC(C)(C)C)nc(NCC3CCCO3)n2)cc1. The van der Waals surface area contributed by atoms with Gasteiger partial charge in [0.15, 0.2) is 5.82 Å². The minimum atomic E-state index is -0.515. The van der Waals surface area contributed by atoms with Gasteiger partial charge < -0.3 is 34.9 Å². The molecule has 1 unspecified atom stereocenters. The Kier molecular flexibility index (Phi) is 11.3. The lowest BCUT2D eigenvalue weighted by Gasteiger charge is -2.19. The predicted molar refractivity (Wildman–Crippen MR) is 142 cm³/mol. The maximum absolute atomic E-state index is 11.6. The maximum Gasteiger partial charge on any atom is 0.407 e. The van der Waals surface area contributed by atoms with E-state index in [1.807, 2.05) is 52.0 Å². The van der Waals surface area contributed by atoms with Crippen LogP contribution in [0.2, 0.25) is 0 Å². The zero-order valence-corrected chi connectivity index (χ0v) is 22.3. The van der Waals surface area contributed by atoms with E-state index in [0.29, 0.717) is 63.8 Å². The topological polar surface area (TPSA) is 129 Å². The summed E-state index contributed by atoms with van der Waals surface area (Å²) in [7, 11) is 0. The first kappa shape index (κ1) is 28.5. The molecule has 1 fully saturated rings. The lowest BCUT2D eigenvalue weighted by molar-refractivity contribution is 0.0415. The third-order valence-electron chi connectivity index (χ3n) is 5.27. The summed E-state index contributed by atoms with van der Waals surface area (Å²) in [5.74, 6) is 1.59. The number of aromatic nitrogens is 3. The van der Waals surface area contributed by atoms with E-state index in [9.17, 15) is 4.79 Å². The van der Waals surface area contributed by atoms with Gasteiger partial charge in [0.2, 0.25) is 11.9 Å². The largest absolute Gasteiger partial charge is 0.444 e. The first-order chi connectivity index (χ1) is 17.8. The van der Waals surface area contributed by atoms with Crippen LogP contribution in [-0.4, -0.2) is 85.4 Å². The molecule has 3 N–H and O–H groups in total. The molecular formula is C26H40N6O5. The number of anilines is 2. The van der Waals surface area contributed by atoms with Crippen LogP contribution in [0.15, 0.2) is 24.3 Å². The summed E-state index contributed by atoms with van der Waals surface area (Å²) in [6.45, 7) is 11.6. The number of amides is 1. The Morgan fingerprint density at radius 3 is 2.30 bits per heavy atom. The molecule has 0 radical (unpaired) electrons. The molecule has 0 saturated carbocycles. The van der Waals surface area contributed by atoms with Crippen LogP contribution in [0.5, 0.6) is 0 Å². The van der Waals surface area contributed by atoms with Gasteiger partial charge in [-0.3, -0.25) is 0 Å². The number of nitrogens with zero attached hydrogens (tertiary/aromatic N) is 3. The molecule has 1 amide bonds. The number of carbonyl (C=O) groups is 1. The van der Waals surface area contributed by atoms with Gasteiger partial charge in [-0.2, -0.15) is 15.0 Å². The predicted octanol–water partition coefficient (Wildman–Crippen LogP) is 3.41. The second kappa shape index (κ2) is 14.7. The van der Waals surface area contributed by atoms with Crippen molar-refractivity contribution in [2.24, 2.45) is 0 Å². The summed E-state index contributed by atoms with van der Waals surface area (Å²) < 4.78 is 21.9. The molecule has 3 rings (SSSR count). The Bertz CT molecular complexity index is 961. The van der Waals surface area contributed by atoms with E-state index < -0.39 is 11.7 Å². The molecule has 0 aliphatic carbocycles. The number of nitrogens with one attached hydrogen (secondary N) is 3. The molecule has 1 aromatic heterocycles. The van der Waals surface area contributed by atoms with E-state index in [2.05, 4.69) is 30.9 Å². The van der Waals surface area contributed by atoms with Crippen molar-refractivity contribution < 1.29 is 23.7 Å². The van der Waals surface area contributed by atoms with Crippen LogP contribution in [-0.2, 0) is 18.9 Å². The Hall–Kier alpha value is -3.02. The van der Waals surface area contributed by atoms with E-state index in [0.717, 1.165) is 25.0 Å². The highest BCUT2D eigenvalue weighted by atomic mass is 16.6. The molecule has 1 atom stereocenters. The van der Waals surface area contributed by atoms with Gasteiger partial charge in [0.1, 0.15) is 5.60 Å². The van der Waals surface area contributed by atoms with Gasteiger partial charge in [0, 0.05) is 31.8 Å². The molecule has 0 spiro atoms. The Morgan fingerprint density at radius 2 is 1.65 bits per heavy atom. The number of alkyl carbamates (subject to hydrolysis) is 1. The fourth-order valence-electron chi connectivity index (χ4n) is 3.47. The maximum atomic E-state index is 11.6. The van der Waals surface area contributed by atoms with Gasteiger partial charge in [0.25, 0.3) is 0 Å². The van der Waals surface area contributed by atoms with Crippen molar-refractivity contribution >= 4 is 18.0 Å². The van der Waals surface area contributed by atoms with Crippen molar-refractivity contribution in [2.45, 2.75) is 52.2 Å². The van der Waals surface area contributed by atoms with E-state index in [4.69, 9.17) is 18.9 Å². The molecule has 2 heterocycles. The third kappa shape index (κ3) is 11.3. The molecule has 1 saturated heterocycles. The van der Waals surface area contributed by atoms with Crippen molar-refractivity contribution in [2.75, 3.05) is 63.3 Å². The van der Waals surface area contributed by atoms with Crippen LogP contribution >= 0.6 is 0 Å². The Morgan fingerprint density at radius 1 is 0.973 bits per heavy atom. The number of carbonyl (C=O) groups excluding carboxylic acids is 1. The van der Waals surface area contributed by atoms with Crippen LogP contribution in [0.1, 0.15) is 39.2 Å². The van der Waals surface area contributed by atoms with Gasteiger partial charge in [-0.15, -0.1) is 0 Å². The van der Waals surface area contributed by atoms with E-state index in [-0.39, 0.29) is 6.10 Å². The van der Waals surface area contributed by atoms with Crippen molar-refractivity contribution in [3.05, 3.63) is 29.8 Å². The molecular weight excluding hydrogens is 476 g/mol. The number of hydrogen-bond donors (Lipinski definition) is 3. The highest BCUT2D eigenvalue weighted by Crippen LogP contribution is 2.19. The molecule has 1 aliphatic rings. The minimum absolute atomic E-state index is 0.180. The van der Waals surface area contributed by atoms with Crippen LogP contribution in [0.3, 0.4) is 0 Å². The highest BCUT2D eigenvalue weighted by Gasteiger charge is 2.17. The first-order valence-electron chi connectivity index (χ1n) is 12.8. The molecule has 1 aliphatic heterocycles. The van der Waals surface area contributed by atoms with E-state index >= 15 is 0 Å². The van der Waals surface area contributed by atoms with E-state index in [1.54, 1.807) is 0 Å². The van der Waals surface area contributed by atoms with E-state index in [1.165, 1.54) is 5.56 Å². The van der Waals surface area contributed by atoms with Crippen molar-refractivity contribution in [3.8, 4) is 11.4 Å². The number of rotatable bonds is 14. The third-order valence-corrected chi connectivity index (χ3v) is 5.27. The standard InChI is InChI=1S/C26H40N6O5/c1-19-7-9-20(10-8-19)22-30-23(32-24(31-22)29-18-21-6-5-13-36-21)27-11-14-34-16-17-35-15-12-28-25(33)37-26(2,3)4/h7-10,21H,5-6,11-18H2,1-4H3,(H,28,33)(H2,27,29,30,31,32). The second-order valence-electron chi connectivity index (χ2n) is 9.77. The summed E-state index contributed by atoms with van der Waals surface area (Å²) in [5.41, 5.74) is 1.58. The molecule has 1 aromatic carbocycles. The van der Waals surface area contributed by atoms with Crippen molar-refractivity contribution in [3.63, 3.8) is 0 Å². The lowest BCUT2D eigenvalue weighted by atomic mass is 10.1. The zero-order chi connectivity index (χ0) is 26.5. The van der Waals surface area contributed by atoms with Crippen LogP contribution in [0.25, 0.3) is 11.4 Å². The van der Waals surface area contributed by atoms with Gasteiger partial charge in [-0.1, -0.05) is 29.8 Å². The van der Waals surface area contributed by atoms with Gasteiger partial charge >= 0.3 is 6.09 Å². The zero-order valence-electron chi connectivity index (χ0n) is 22.3. The smallest absolute Gasteiger partial charge is 0.407 e. The van der Waals surface area contributed by atoms with Crippen LogP contribution in [0.4, 0.5) is 16.7 Å². The van der Waals surface area contributed by atoms with Gasteiger partial charge in [-0.25, -0.2) is 4.79 Å². The first-order valence-corrected chi connectivity index (χ1v) is 12.8. The van der Waals surface area contributed by atoms with Crippen LogP contribution in [0, 0.1) is 6.92 Å². The lowest BCUT2D eigenvalue weighted by Crippen LogP contribution is -2.34. The second-order valence-corrected chi connectivity index (χ2v) is 9.77. The number of hydrogen-bond acceptors (Lipinski definition) is 10. The monoisotopic (exact) mass is 516 g/mol. The minimum Gasteiger partial charge on any atom is -0.444 e. The van der Waals surface area contributed by atoms with Crippen molar-refractivity contribution in [1.29, 1.82) is 0 Å². The summed E-state index contributed by atoms with van der Waals surface area (Å²) in [4.78, 5) is 25.3. The van der Waals surface area contributed by atoms with Gasteiger partial charge in [-0.05, 0) is 40.5 Å². The molecule has 11 heteroatoms. The fraction of sp³-hybridized carbons (Fsp3) is 0.615. The quantitative estimate of drug-likeness (QED) is 0.321. The molecule has 0 bridgehead atoms. The average molecular weight is 517 g/mol. The Balaban J connectivity index is 1.38. The molecule has 37 heavy (non-hydrogen) atoms. The summed E-state index contributed by atoms with van der Waals surface area (Å²) in [6, 6.07) is 8.08.